The van der Waals surface area contributed by atoms with Crippen LogP contribution in [0.1, 0.15) is 19.8 Å². The van der Waals surface area contributed by atoms with E-state index in [2.05, 4.69) is 20.5 Å². The molecule has 1 aliphatic heterocycles. The topological polar surface area (TPSA) is 92.0 Å². The summed E-state index contributed by atoms with van der Waals surface area (Å²) >= 11 is 0. The Kier molecular flexibility index (Phi) is 12.7. The second-order valence-electron chi connectivity index (χ2n) is 4.79. The number of guanidine groups is 1. The molecule has 0 bridgehead atoms. The number of nitrogens with one attached hydrogen (secondary N) is 2. The van der Waals surface area contributed by atoms with E-state index in [1.165, 1.54) is 0 Å². The van der Waals surface area contributed by atoms with Crippen LogP contribution in [0, 0.1) is 0 Å². The molecule has 0 aromatic carbocycles. The van der Waals surface area contributed by atoms with Gasteiger partial charge in [0.2, 0.25) is 5.91 Å². The summed E-state index contributed by atoms with van der Waals surface area (Å²) < 4.78 is 5.29. The highest BCUT2D eigenvalue weighted by Crippen LogP contribution is 1.97. The van der Waals surface area contributed by atoms with E-state index in [0.717, 1.165) is 52.2 Å². The van der Waals surface area contributed by atoms with Crippen LogP contribution in [-0.2, 0) is 9.53 Å². The second kappa shape index (κ2) is 13.1. The number of hydrogen-bond acceptors (Lipinski definition) is 4. The van der Waals surface area contributed by atoms with Gasteiger partial charge in [-0.05, 0) is 19.4 Å². The lowest BCUT2D eigenvalue weighted by Crippen LogP contribution is -2.39. The van der Waals surface area contributed by atoms with E-state index >= 15 is 0 Å². The van der Waals surface area contributed by atoms with E-state index < -0.39 is 0 Å². The Hall–Kier alpha value is -0.610. The van der Waals surface area contributed by atoms with Crippen LogP contribution in [0.5, 0.6) is 0 Å². The van der Waals surface area contributed by atoms with Crippen molar-refractivity contribution in [1.29, 1.82) is 0 Å². The molecule has 1 saturated heterocycles. The molecule has 7 nitrogen and oxygen atoms in total. The number of halogens is 1. The van der Waals surface area contributed by atoms with Crippen molar-refractivity contribution in [3.05, 3.63) is 0 Å². The first-order chi connectivity index (χ1) is 9.72. The highest BCUT2D eigenvalue weighted by atomic mass is 127. The standard InChI is InChI=1S/C13H27N5O2.HI/c1-2-4-15-12(19)11-17-13(14)16-5-3-6-18-7-9-20-10-8-18;/h2-11H2,1H3,(H,15,19)(H3,14,16,17);1H. The number of nitrogens with zero attached hydrogens (tertiary/aromatic N) is 2. The van der Waals surface area contributed by atoms with Gasteiger partial charge in [0.05, 0.1) is 13.2 Å². The van der Waals surface area contributed by atoms with Gasteiger partial charge in [0.15, 0.2) is 5.96 Å². The van der Waals surface area contributed by atoms with Gasteiger partial charge in [0.1, 0.15) is 6.54 Å². The van der Waals surface area contributed by atoms with E-state index in [-0.39, 0.29) is 36.4 Å². The Bertz CT molecular complexity index is 309. The average Bonchev–Trinajstić information content (AvgIpc) is 2.48. The molecule has 1 amide bonds. The molecule has 0 radical (unpaired) electrons. The molecule has 0 saturated carbocycles. The number of amides is 1. The summed E-state index contributed by atoms with van der Waals surface area (Å²) in [6, 6.07) is 0. The maximum absolute atomic E-state index is 11.3. The highest BCUT2D eigenvalue weighted by molar-refractivity contribution is 14.0. The number of nitrogens with two attached hydrogens (primary N) is 1. The van der Waals surface area contributed by atoms with Crippen molar-refractivity contribution in [2.24, 2.45) is 10.7 Å². The van der Waals surface area contributed by atoms with Gasteiger partial charge in [0, 0.05) is 26.2 Å². The van der Waals surface area contributed by atoms with E-state index in [0.29, 0.717) is 12.5 Å². The summed E-state index contributed by atoms with van der Waals surface area (Å²) in [5.74, 6) is 0.239. The molecule has 1 heterocycles. The van der Waals surface area contributed by atoms with Crippen LogP contribution in [0.4, 0.5) is 0 Å². The molecule has 0 aromatic heterocycles. The third kappa shape index (κ3) is 10.7. The molecule has 8 heteroatoms. The maximum Gasteiger partial charge on any atom is 0.241 e. The normalized spacial score (nSPS) is 16.1. The van der Waals surface area contributed by atoms with Crippen LogP contribution in [0.15, 0.2) is 4.99 Å². The molecule has 21 heavy (non-hydrogen) atoms. The van der Waals surface area contributed by atoms with E-state index in [4.69, 9.17) is 10.5 Å². The fraction of sp³-hybridized carbons (Fsp3) is 0.846. The highest BCUT2D eigenvalue weighted by Gasteiger charge is 2.08. The zero-order chi connectivity index (χ0) is 14.6. The average molecular weight is 413 g/mol. The lowest BCUT2D eigenvalue weighted by atomic mass is 10.3. The maximum atomic E-state index is 11.3. The van der Waals surface area contributed by atoms with Crippen molar-refractivity contribution in [3.8, 4) is 0 Å². The molecule has 1 fully saturated rings. The van der Waals surface area contributed by atoms with Crippen LogP contribution in [-0.4, -0.2) is 69.2 Å². The predicted molar refractivity (Wildman–Crippen MR) is 95.1 cm³/mol. The van der Waals surface area contributed by atoms with Crippen molar-refractivity contribution in [1.82, 2.24) is 15.5 Å². The Morgan fingerprint density at radius 1 is 1.29 bits per heavy atom. The molecule has 1 aliphatic rings. The largest absolute Gasteiger partial charge is 0.379 e. The summed E-state index contributed by atoms with van der Waals surface area (Å²) in [6.07, 6.45) is 1.92. The minimum absolute atomic E-state index is 0. The molecule has 1 rings (SSSR count). The second-order valence-corrected chi connectivity index (χ2v) is 4.79. The molecule has 0 unspecified atom stereocenters. The fourth-order valence-corrected chi connectivity index (χ4v) is 1.88. The van der Waals surface area contributed by atoms with E-state index in [1.807, 2.05) is 6.92 Å². The third-order valence-electron chi connectivity index (χ3n) is 3.03. The Morgan fingerprint density at radius 3 is 2.67 bits per heavy atom. The van der Waals surface area contributed by atoms with Gasteiger partial charge in [-0.2, -0.15) is 0 Å². The number of aliphatic imine (C=N–C) groups is 1. The van der Waals surface area contributed by atoms with Gasteiger partial charge in [-0.3, -0.25) is 9.69 Å². The first-order valence-corrected chi connectivity index (χ1v) is 7.33. The van der Waals surface area contributed by atoms with E-state index in [1.54, 1.807) is 0 Å². The molecule has 0 spiro atoms. The SMILES string of the molecule is CCCNC(=O)CN=C(N)NCCCN1CCOCC1.I. The van der Waals surface area contributed by atoms with Crippen molar-refractivity contribution in [3.63, 3.8) is 0 Å². The molecular weight excluding hydrogens is 385 g/mol. The van der Waals surface area contributed by atoms with Crippen LogP contribution in [0.25, 0.3) is 0 Å². The minimum Gasteiger partial charge on any atom is -0.379 e. The van der Waals surface area contributed by atoms with Crippen LogP contribution in [0.2, 0.25) is 0 Å². The Balaban J connectivity index is 0.00000400. The zero-order valence-electron chi connectivity index (χ0n) is 12.8. The van der Waals surface area contributed by atoms with Gasteiger partial charge in [-0.25, -0.2) is 4.99 Å². The van der Waals surface area contributed by atoms with Crippen LogP contribution >= 0.6 is 24.0 Å². The summed E-state index contributed by atoms with van der Waals surface area (Å²) in [5, 5.41) is 5.77. The van der Waals surface area contributed by atoms with Gasteiger partial charge in [0.25, 0.3) is 0 Å². The summed E-state index contributed by atoms with van der Waals surface area (Å²) in [5.41, 5.74) is 5.70. The molecule has 124 valence electrons. The molecular formula is C13H28IN5O2. The number of hydrogen-bond donors (Lipinski definition) is 3. The van der Waals surface area contributed by atoms with Gasteiger partial charge >= 0.3 is 0 Å². The predicted octanol–water partition coefficient (Wildman–Crippen LogP) is -0.243. The van der Waals surface area contributed by atoms with Crippen LogP contribution < -0.4 is 16.4 Å². The summed E-state index contributed by atoms with van der Waals surface area (Å²) in [4.78, 5) is 17.7. The summed E-state index contributed by atoms with van der Waals surface area (Å²) in [7, 11) is 0. The molecule has 0 aliphatic carbocycles. The summed E-state index contributed by atoms with van der Waals surface area (Å²) in [6.45, 7) is 8.22. The number of ether oxygens (including phenoxy) is 1. The lowest BCUT2D eigenvalue weighted by molar-refractivity contribution is -0.119. The van der Waals surface area contributed by atoms with Gasteiger partial charge in [-0.1, -0.05) is 6.92 Å². The molecule has 4 N–H and O–H groups in total. The number of carbonyl (C=O) groups excluding carboxylic acids is 1. The molecule has 0 atom stereocenters. The lowest BCUT2D eigenvalue weighted by Gasteiger charge is -2.26. The Morgan fingerprint density at radius 2 is 2.00 bits per heavy atom. The van der Waals surface area contributed by atoms with Crippen molar-refractivity contribution in [2.45, 2.75) is 19.8 Å². The van der Waals surface area contributed by atoms with Crippen molar-refractivity contribution < 1.29 is 9.53 Å². The third-order valence-corrected chi connectivity index (χ3v) is 3.03. The monoisotopic (exact) mass is 413 g/mol. The van der Waals surface area contributed by atoms with Crippen molar-refractivity contribution in [2.75, 3.05) is 52.5 Å². The van der Waals surface area contributed by atoms with Gasteiger partial charge < -0.3 is 21.1 Å². The smallest absolute Gasteiger partial charge is 0.241 e. The quantitative estimate of drug-likeness (QED) is 0.221. The molecule has 0 aromatic rings. The first kappa shape index (κ1) is 20.4. The van der Waals surface area contributed by atoms with E-state index in [9.17, 15) is 4.79 Å². The fourth-order valence-electron chi connectivity index (χ4n) is 1.88. The Labute approximate surface area is 144 Å². The van der Waals surface area contributed by atoms with Gasteiger partial charge in [-0.15, -0.1) is 24.0 Å². The minimum atomic E-state index is -0.0927. The number of rotatable bonds is 8. The van der Waals surface area contributed by atoms with Crippen LogP contribution in [0.3, 0.4) is 0 Å². The number of morpholine rings is 1. The number of carbonyl (C=O) groups is 1. The van der Waals surface area contributed by atoms with Crippen molar-refractivity contribution >= 4 is 35.8 Å². The first-order valence-electron chi connectivity index (χ1n) is 7.33. The zero-order valence-corrected chi connectivity index (χ0v) is 15.1.